The van der Waals surface area contributed by atoms with Crippen LogP contribution in [0.5, 0.6) is 0 Å². The third kappa shape index (κ3) is 5.93. The Morgan fingerprint density at radius 3 is 1.95 bits per heavy atom. The van der Waals surface area contributed by atoms with Crippen LogP contribution in [0.2, 0.25) is 16.6 Å². The van der Waals surface area contributed by atoms with Gasteiger partial charge in [-0.15, -0.1) is 0 Å². The normalized spacial score (nSPS) is 12.7. The highest BCUT2D eigenvalue weighted by Crippen LogP contribution is 2.42. The van der Waals surface area contributed by atoms with Gasteiger partial charge >= 0.3 is 5.97 Å². The topological polar surface area (TPSA) is 58.6 Å². The van der Waals surface area contributed by atoms with Crippen LogP contribution in [-0.2, 0) is 9.22 Å². The number of hydrogen-bond donors (Lipinski definition) is 2. The predicted octanol–water partition coefficient (Wildman–Crippen LogP) is 3.63. The summed E-state index contributed by atoms with van der Waals surface area (Å²) in [5.41, 5.74) is 1.84. The summed E-state index contributed by atoms with van der Waals surface area (Å²) in [6, 6.07) is 0. The van der Waals surface area contributed by atoms with E-state index in [-0.39, 0.29) is 6.42 Å². The molecule has 0 saturated heterocycles. The van der Waals surface area contributed by atoms with Crippen molar-refractivity contribution in [2.24, 2.45) is 0 Å². The maximum Gasteiger partial charge on any atom is 0.304 e. The van der Waals surface area contributed by atoms with E-state index in [2.05, 4.69) is 46.9 Å². The highest BCUT2D eigenvalue weighted by molar-refractivity contribution is 6.77. The molecule has 0 unspecified atom stereocenters. The van der Waals surface area contributed by atoms with Crippen molar-refractivity contribution >= 4 is 14.3 Å². The number of hydrogen-bond acceptors (Lipinski definition) is 3. The Hall–Kier alpha value is -0.393. The number of aliphatic carboxylic acids is 1. The summed E-state index contributed by atoms with van der Waals surface area (Å²) < 4.78 is 6.42. The molecule has 0 aromatic rings. The minimum atomic E-state index is -1.74. The summed E-state index contributed by atoms with van der Waals surface area (Å²) in [6.07, 6.45) is 1.13. The highest BCUT2D eigenvalue weighted by atomic mass is 28.4. The van der Waals surface area contributed by atoms with Crippen LogP contribution in [-0.4, -0.2) is 39.1 Å². The third-order valence-electron chi connectivity index (χ3n) is 4.07. The summed E-state index contributed by atoms with van der Waals surface area (Å²) in [4.78, 5) is 10.4. The highest BCUT2D eigenvalue weighted by Gasteiger charge is 2.44. The van der Waals surface area contributed by atoms with Crippen LogP contribution in [0.15, 0.2) is 0 Å². The minimum Gasteiger partial charge on any atom is -0.481 e. The summed E-state index contributed by atoms with van der Waals surface area (Å²) in [5.74, 6) is -0.750. The number of rotatable bonds is 11. The van der Waals surface area contributed by atoms with Crippen molar-refractivity contribution in [3.05, 3.63) is 0 Å². The van der Waals surface area contributed by atoms with Gasteiger partial charge in [0, 0.05) is 13.2 Å². The first-order valence-corrected chi connectivity index (χ1v) is 9.95. The van der Waals surface area contributed by atoms with Crippen LogP contribution in [0.25, 0.3) is 0 Å². The van der Waals surface area contributed by atoms with E-state index < -0.39 is 14.3 Å². The molecule has 0 atom stereocenters. The monoisotopic (exact) mass is 303 g/mol. The lowest BCUT2D eigenvalue weighted by Crippen LogP contribution is -2.48. The summed E-state index contributed by atoms with van der Waals surface area (Å²) in [5, 5.41) is 11.7. The molecule has 0 amide bonds. The fraction of sp³-hybridized carbons (Fsp3) is 0.933. The van der Waals surface area contributed by atoms with Crippen LogP contribution in [0.1, 0.15) is 54.4 Å². The molecule has 4 nitrogen and oxygen atoms in total. The SMILES string of the molecule is CC(C)[Si](OCCCNCCC(=O)O)(C(C)C)C(C)C. The quantitative estimate of drug-likeness (QED) is 0.452. The number of carbonyl (C=O) groups is 1. The van der Waals surface area contributed by atoms with E-state index in [1.807, 2.05) is 0 Å². The molecule has 0 spiro atoms. The van der Waals surface area contributed by atoms with Gasteiger partial charge in [0.05, 0.1) is 6.42 Å². The Labute approximate surface area is 125 Å². The molecule has 0 saturated carbocycles. The maximum atomic E-state index is 10.4. The maximum absolute atomic E-state index is 10.4. The molecule has 0 aliphatic rings. The van der Waals surface area contributed by atoms with Gasteiger partial charge in [0.25, 0.3) is 0 Å². The molecule has 0 aliphatic carbocycles. The fourth-order valence-electron chi connectivity index (χ4n) is 3.27. The molecule has 0 bridgehead atoms. The zero-order valence-corrected chi connectivity index (χ0v) is 15.0. The van der Waals surface area contributed by atoms with E-state index in [0.717, 1.165) is 19.6 Å². The molecule has 0 heterocycles. The van der Waals surface area contributed by atoms with E-state index in [0.29, 0.717) is 23.2 Å². The fourth-order valence-corrected chi connectivity index (χ4v) is 8.76. The molecule has 0 aliphatic heterocycles. The van der Waals surface area contributed by atoms with Crippen molar-refractivity contribution in [2.45, 2.75) is 71.0 Å². The molecule has 0 aromatic carbocycles. The molecule has 120 valence electrons. The zero-order valence-electron chi connectivity index (χ0n) is 14.0. The Bertz CT molecular complexity index is 259. The van der Waals surface area contributed by atoms with Gasteiger partial charge in [-0.25, -0.2) is 0 Å². The Morgan fingerprint density at radius 2 is 1.55 bits per heavy atom. The Kier molecular flexibility index (Phi) is 9.34. The second-order valence-electron chi connectivity index (χ2n) is 6.41. The van der Waals surface area contributed by atoms with Crippen LogP contribution >= 0.6 is 0 Å². The molecule has 0 aromatic heterocycles. The van der Waals surface area contributed by atoms with Crippen molar-refractivity contribution in [3.63, 3.8) is 0 Å². The summed E-state index contributed by atoms with van der Waals surface area (Å²) in [6.45, 7) is 15.9. The Morgan fingerprint density at radius 1 is 1.05 bits per heavy atom. The standard InChI is InChI=1S/C15H33NO3Si/c1-12(2)20(13(3)4,14(5)6)19-11-7-9-16-10-8-15(17)18/h12-14,16H,7-11H2,1-6H3,(H,17,18). The average Bonchev–Trinajstić information content (AvgIpc) is 2.30. The minimum absolute atomic E-state index is 0.184. The summed E-state index contributed by atoms with van der Waals surface area (Å²) >= 11 is 0. The lowest BCUT2D eigenvalue weighted by Gasteiger charge is -2.42. The first-order valence-electron chi connectivity index (χ1n) is 7.81. The first kappa shape index (κ1) is 19.6. The number of carboxylic acids is 1. The van der Waals surface area contributed by atoms with Gasteiger partial charge in [-0.2, -0.15) is 0 Å². The van der Waals surface area contributed by atoms with Gasteiger partial charge in [-0.05, 0) is 29.6 Å². The van der Waals surface area contributed by atoms with Crippen LogP contribution in [0.4, 0.5) is 0 Å². The van der Waals surface area contributed by atoms with Gasteiger partial charge < -0.3 is 14.8 Å². The van der Waals surface area contributed by atoms with E-state index in [1.165, 1.54) is 0 Å². The second kappa shape index (κ2) is 9.53. The summed E-state index contributed by atoms with van der Waals surface area (Å²) in [7, 11) is -1.74. The van der Waals surface area contributed by atoms with Crippen molar-refractivity contribution < 1.29 is 14.3 Å². The second-order valence-corrected chi connectivity index (χ2v) is 11.9. The lowest BCUT2D eigenvalue weighted by molar-refractivity contribution is -0.136. The molecule has 5 heteroatoms. The molecule has 2 N–H and O–H groups in total. The molecule has 0 rings (SSSR count). The average molecular weight is 304 g/mol. The van der Waals surface area contributed by atoms with Gasteiger partial charge in [-0.3, -0.25) is 4.79 Å². The van der Waals surface area contributed by atoms with E-state index in [4.69, 9.17) is 9.53 Å². The molecule has 20 heavy (non-hydrogen) atoms. The van der Waals surface area contributed by atoms with Crippen LogP contribution in [0, 0.1) is 0 Å². The molecular weight excluding hydrogens is 270 g/mol. The van der Waals surface area contributed by atoms with E-state index in [1.54, 1.807) is 0 Å². The Balaban J connectivity index is 4.13. The number of carboxylic acid groups (broad SMARTS) is 1. The van der Waals surface area contributed by atoms with Crippen LogP contribution in [0.3, 0.4) is 0 Å². The van der Waals surface area contributed by atoms with E-state index >= 15 is 0 Å². The largest absolute Gasteiger partial charge is 0.481 e. The van der Waals surface area contributed by atoms with Gasteiger partial charge in [0.15, 0.2) is 8.32 Å². The molecule has 0 fully saturated rings. The van der Waals surface area contributed by atoms with Gasteiger partial charge in [-0.1, -0.05) is 41.5 Å². The van der Waals surface area contributed by atoms with Crippen molar-refractivity contribution in [2.75, 3.05) is 19.7 Å². The van der Waals surface area contributed by atoms with Gasteiger partial charge in [0.2, 0.25) is 0 Å². The smallest absolute Gasteiger partial charge is 0.304 e. The van der Waals surface area contributed by atoms with Crippen LogP contribution < -0.4 is 5.32 Å². The first-order chi connectivity index (χ1) is 9.25. The zero-order chi connectivity index (χ0) is 15.8. The lowest BCUT2D eigenvalue weighted by atomic mass is 10.4. The predicted molar refractivity (Wildman–Crippen MR) is 86.7 cm³/mol. The molecular formula is C15H33NO3Si. The van der Waals surface area contributed by atoms with Crippen molar-refractivity contribution in [1.29, 1.82) is 0 Å². The van der Waals surface area contributed by atoms with Crippen molar-refractivity contribution in [1.82, 2.24) is 5.32 Å². The van der Waals surface area contributed by atoms with E-state index in [9.17, 15) is 4.79 Å². The third-order valence-corrected chi connectivity index (χ3v) is 10.2. The van der Waals surface area contributed by atoms with Gasteiger partial charge in [0.1, 0.15) is 0 Å². The number of nitrogens with one attached hydrogen (secondary N) is 1. The van der Waals surface area contributed by atoms with Crippen molar-refractivity contribution in [3.8, 4) is 0 Å². The molecule has 0 radical (unpaired) electrons.